The summed E-state index contributed by atoms with van der Waals surface area (Å²) >= 11 is 2.09. The van der Waals surface area contributed by atoms with Crippen LogP contribution in [0.2, 0.25) is 0 Å². The van der Waals surface area contributed by atoms with Crippen LogP contribution < -0.4 is 5.32 Å². The molecule has 0 radical (unpaired) electrons. The summed E-state index contributed by atoms with van der Waals surface area (Å²) in [5, 5.41) is 13.2. The van der Waals surface area contributed by atoms with Crippen LogP contribution in [0.3, 0.4) is 0 Å². The lowest BCUT2D eigenvalue weighted by Gasteiger charge is -2.06. The Bertz CT molecular complexity index is 691. The van der Waals surface area contributed by atoms with Crippen molar-refractivity contribution in [3.63, 3.8) is 0 Å². The lowest BCUT2D eigenvalue weighted by atomic mass is 10.1. The van der Waals surface area contributed by atoms with Gasteiger partial charge in [-0.2, -0.15) is 0 Å². The number of carbonyl (C=O) groups is 1. The van der Waals surface area contributed by atoms with E-state index in [0.717, 1.165) is 21.8 Å². The number of nitrogens with zero attached hydrogens (tertiary/aromatic N) is 1. The van der Waals surface area contributed by atoms with Gasteiger partial charge in [0.2, 0.25) is 0 Å². The largest absolute Gasteiger partial charge is 0.322 e. The van der Waals surface area contributed by atoms with Gasteiger partial charge in [-0.15, -0.1) is 0 Å². The molecule has 0 spiro atoms. The highest BCUT2D eigenvalue weighted by atomic mass is 127. The van der Waals surface area contributed by atoms with Crippen LogP contribution in [0.4, 0.5) is 15.8 Å². The van der Waals surface area contributed by atoms with E-state index >= 15 is 0 Å². The smallest absolute Gasteiger partial charge is 0.273 e. The van der Waals surface area contributed by atoms with Crippen molar-refractivity contribution in [2.45, 2.75) is 0 Å². The topological polar surface area (TPSA) is 72.2 Å². The molecule has 5 nitrogen and oxygen atoms in total. The third kappa shape index (κ3) is 3.50. The standard InChI is InChI=1S/C13H8FIN2O3/c14-9-4-8(5-12(6-9)17(19)20)13(18)16-11-3-1-2-10(15)7-11/h1-7H,(H,16,18). The van der Waals surface area contributed by atoms with E-state index in [4.69, 9.17) is 0 Å². The van der Waals surface area contributed by atoms with E-state index < -0.39 is 22.3 Å². The van der Waals surface area contributed by atoms with Crippen LogP contribution in [0.1, 0.15) is 10.4 Å². The fourth-order valence-corrected chi connectivity index (χ4v) is 2.12. The number of rotatable bonds is 3. The number of benzene rings is 2. The summed E-state index contributed by atoms with van der Waals surface area (Å²) in [5.41, 5.74) is -0.0258. The Kier molecular flexibility index (Phi) is 4.28. The quantitative estimate of drug-likeness (QED) is 0.498. The second kappa shape index (κ2) is 5.95. The summed E-state index contributed by atoms with van der Waals surface area (Å²) in [5.74, 6) is -1.43. The zero-order valence-corrected chi connectivity index (χ0v) is 12.1. The first-order valence-electron chi connectivity index (χ1n) is 5.47. The summed E-state index contributed by atoms with van der Waals surface area (Å²) in [7, 11) is 0. The number of anilines is 1. The number of hydrogen-bond acceptors (Lipinski definition) is 3. The fourth-order valence-electron chi connectivity index (χ4n) is 1.58. The lowest BCUT2D eigenvalue weighted by molar-refractivity contribution is -0.385. The van der Waals surface area contributed by atoms with Gasteiger partial charge < -0.3 is 5.32 Å². The number of nitro benzene ring substituents is 1. The molecule has 7 heteroatoms. The molecule has 0 atom stereocenters. The zero-order valence-electron chi connectivity index (χ0n) is 9.97. The van der Waals surface area contributed by atoms with Crippen molar-refractivity contribution in [1.82, 2.24) is 0 Å². The first kappa shape index (κ1) is 14.4. The van der Waals surface area contributed by atoms with Crippen LogP contribution in [0, 0.1) is 19.5 Å². The van der Waals surface area contributed by atoms with Gasteiger partial charge in [-0.05, 0) is 46.9 Å². The Hall–Kier alpha value is -2.03. The predicted molar refractivity (Wildman–Crippen MR) is 80.2 cm³/mol. The van der Waals surface area contributed by atoms with Gasteiger partial charge in [0.25, 0.3) is 11.6 Å². The Labute approximate surface area is 127 Å². The second-order valence-corrected chi connectivity index (χ2v) is 5.17. The highest BCUT2D eigenvalue weighted by Gasteiger charge is 2.14. The zero-order chi connectivity index (χ0) is 14.7. The molecule has 1 amide bonds. The van der Waals surface area contributed by atoms with E-state index in [-0.39, 0.29) is 5.56 Å². The third-order valence-corrected chi connectivity index (χ3v) is 3.11. The van der Waals surface area contributed by atoms with Gasteiger partial charge in [0.1, 0.15) is 5.82 Å². The van der Waals surface area contributed by atoms with Gasteiger partial charge in [-0.1, -0.05) is 6.07 Å². The third-order valence-electron chi connectivity index (χ3n) is 2.44. The molecule has 0 fully saturated rings. The van der Waals surface area contributed by atoms with E-state index in [2.05, 4.69) is 27.9 Å². The summed E-state index contributed by atoms with van der Waals surface area (Å²) in [6.45, 7) is 0. The maximum Gasteiger partial charge on any atom is 0.273 e. The molecule has 20 heavy (non-hydrogen) atoms. The molecule has 0 aliphatic heterocycles. The normalized spacial score (nSPS) is 10.1. The van der Waals surface area contributed by atoms with Crippen LogP contribution in [0.25, 0.3) is 0 Å². The van der Waals surface area contributed by atoms with Crippen LogP contribution >= 0.6 is 22.6 Å². The molecule has 0 aromatic heterocycles. The molecule has 0 aliphatic rings. The SMILES string of the molecule is O=C(Nc1cccc(I)c1)c1cc(F)cc([N+](=O)[O-])c1. The van der Waals surface area contributed by atoms with Crippen molar-refractivity contribution in [1.29, 1.82) is 0 Å². The van der Waals surface area contributed by atoms with E-state index in [9.17, 15) is 19.3 Å². The van der Waals surface area contributed by atoms with Crippen molar-refractivity contribution in [2.24, 2.45) is 0 Å². The Morgan fingerprint density at radius 3 is 2.65 bits per heavy atom. The average Bonchev–Trinajstić information content (AvgIpc) is 2.37. The van der Waals surface area contributed by atoms with E-state index in [0.29, 0.717) is 5.69 Å². The second-order valence-electron chi connectivity index (χ2n) is 3.92. The molecule has 0 aliphatic carbocycles. The van der Waals surface area contributed by atoms with Crippen LogP contribution in [0.5, 0.6) is 0 Å². The van der Waals surface area contributed by atoms with Crippen molar-refractivity contribution in [2.75, 3.05) is 5.32 Å². The van der Waals surface area contributed by atoms with Crippen LogP contribution in [-0.4, -0.2) is 10.8 Å². The first-order valence-corrected chi connectivity index (χ1v) is 6.55. The number of carbonyl (C=O) groups excluding carboxylic acids is 1. The maximum absolute atomic E-state index is 13.3. The van der Waals surface area contributed by atoms with Gasteiger partial charge in [0.05, 0.1) is 11.0 Å². The highest BCUT2D eigenvalue weighted by molar-refractivity contribution is 14.1. The molecule has 1 N–H and O–H groups in total. The number of nitro groups is 1. The lowest BCUT2D eigenvalue weighted by Crippen LogP contribution is -2.12. The number of nitrogens with one attached hydrogen (secondary N) is 1. The van der Waals surface area contributed by atoms with E-state index in [1.54, 1.807) is 18.2 Å². The van der Waals surface area contributed by atoms with Gasteiger partial charge in [-0.3, -0.25) is 14.9 Å². The predicted octanol–water partition coefficient (Wildman–Crippen LogP) is 3.59. The highest BCUT2D eigenvalue weighted by Crippen LogP contribution is 2.18. The minimum atomic E-state index is -0.827. The number of halogens is 2. The summed E-state index contributed by atoms with van der Waals surface area (Å²) in [6, 6.07) is 9.76. The molecule has 0 bridgehead atoms. The number of amides is 1. The van der Waals surface area contributed by atoms with Crippen molar-refractivity contribution < 1.29 is 14.1 Å². The molecule has 2 aromatic carbocycles. The Balaban J connectivity index is 2.27. The summed E-state index contributed by atoms with van der Waals surface area (Å²) < 4.78 is 14.2. The van der Waals surface area contributed by atoms with Gasteiger partial charge in [0, 0.05) is 20.9 Å². The van der Waals surface area contributed by atoms with Crippen LogP contribution in [0.15, 0.2) is 42.5 Å². The first-order chi connectivity index (χ1) is 9.45. The summed E-state index contributed by atoms with van der Waals surface area (Å²) in [6.07, 6.45) is 0. The number of hydrogen-bond donors (Lipinski definition) is 1. The van der Waals surface area contributed by atoms with E-state index in [1.807, 2.05) is 6.07 Å². The molecule has 102 valence electrons. The Morgan fingerprint density at radius 1 is 1.25 bits per heavy atom. The minimum absolute atomic E-state index is 0.101. The molecule has 0 saturated heterocycles. The maximum atomic E-state index is 13.3. The van der Waals surface area contributed by atoms with Crippen molar-refractivity contribution in [3.8, 4) is 0 Å². The van der Waals surface area contributed by atoms with Gasteiger partial charge in [-0.25, -0.2) is 4.39 Å². The van der Waals surface area contributed by atoms with Gasteiger partial charge >= 0.3 is 0 Å². The Morgan fingerprint density at radius 2 is 2.00 bits per heavy atom. The number of non-ortho nitro benzene ring substituents is 1. The molecular formula is C13H8FIN2O3. The van der Waals surface area contributed by atoms with Gasteiger partial charge in [0.15, 0.2) is 0 Å². The molecule has 0 saturated carbocycles. The summed E-state index contributed by atoms with van der Waals surface area (Å²) in [4.78, 5) is 21.8. The molecule has 0 heterocycles. The average molecular weight is 386 g/mol. The monoisotopic (exact) mass is 386 g/mol. The molecule has 2 rings (SSSR count). The minimum Gasteiger partial charge on any atom is -0.322 e. The molecular weight excluding hydrogens is 378 g/mol. The van der Waals surface area contributed by atoms with Crippen molar-refractivity contribution in [3.05, 3.63) is 67.5 Å². The fraction of sp³-hybridized carbons (Fsp3) is 0. The van der Waals surface area contributed by atoms with Crippen molar-refractivity contribution >= 4 is 39.9 Å². The molecule has 2 aromatic rings. The van der Waals surface area contributed by atoms with E-state index in [1.165, 1.54) is 0 Å². The van der Waals surface area contributed by atoms with Crippen LogP contribution in [-0.2, 0) is 0 Å². The molecule has 0 unspecified atom stereocenters.